The summed E-state index contributed by atoms with van der Waals surface area (Å²) in [7, 11) is 0. The van der Waals surface area contributed by atoms with Crippen LogP contribution < -0.4 is 0 Å². The molecular formula is C32H20Br2. The van der Waals surface area contributed by atoms with Gasteiger partial charge in [-0.05, 0) is 92.4 Å². The topological polar surface area (TPSA) is 0 Å². The highest BCUT2D eigenvalue weighted by atomic mass is 79.9. The third kappa shape index (κ3) is 2.53. The standard InChI is InChI=1S/C32H20Br2/c1-19-16-26-22-9-3-2-8-21(22)25-15-14-20(33)17-29(25)32(30(26)18-31(19)34)27-12-6-4-10-23(27)24-11-5-7-13-28(24)32/h2-18H,1H3. The highest BCUT2D eigenvalue weighted by molar-refractivity contribution is 9.10. The van der Waals surface area contributed by atoms with Crippen LogP contribution in [0.3, 0.4) is 0 Å². The molecule has 0 radical (unpaired) electrons. The minimum atomic E-state index is -0.420. The van der Waals surface area contributed by atoms with Gasteiger partial charge < -0.3 is 0 Å². The fraction of sp³-hybridized carbons (Fsp3) is 0.0625. The lowest BCUT2D eigenvalue weighted by molar-refractivity contribution is 0.773. The van der Waals surface area contributed by atoms with E-state index >= 15 is 0 Å². The van der Waals surface area contributed by atoms with Gasteiger partial charge in [0.25, 0.3) is 0 Å². The van der Waals surface area contributed by atoms with E-state index in [0.717, 1.165) is 8.95 Å². The van der Waals surface area contributed by atoms with Gasteiger partial charge in [0.2, 0.25) is 0 Å². The summed E-state index contributed by atoms with van der Waals surface area (Å²) in [6, 6.07) is 38.3. The van der Waals surface area contributed by atoms with E-state index in [-0.39, 0.29) is 0 Å². The summed E-state index contributed by atoms with van der Waals surface area (Å²) in [4.78, 5) is 0. The molecule has 162 valence electrons. The smallest absolute Gasteiger partial charge is 0.0619 e. The van der Waals surface area contributed by atoms with Crippen molar-refractivity contribution >= 4 is 31.9 Å². The molecule has 0 aromatic heterocycles. The Kier molecular flexibility index (Phi) is 4.37. The summed E-state index contributed by atoms with van der Waals surface area (Å²) in [5.41, 5.74) is 14.0. The number of rotatable bonds is 0. The van der Waals surface area contributed by atoms with Crippen LogP contribution in [0.5, 0.6) is 0 Å². The zero-order valence-corrected chi connectivity index (χ0v) is 21.7. The van der Waals surface area contributed by atoms with Crippen LogP contribution in [0, 0.1) is 6.92 Å². The molecule has 0 unspecified atom stereocenters. The Morgan fingerprint density at radius 1 is 0.471 bits per heavy atom. The van der Waals surface area contributed by atoms with Crippen LogP contribution in [-0.2, 0) is 5.41 Å². The van der Waals surface area contributed by atoms with Crippen LogP contribution in [0.1, 0.15) is 27.8 Å². The van der Waals surface area contributed by atoms with Crippen molar-refractivity contribution in [3.05, 3.63) is 140 Å². The molecule has 0 heterocycles. The van der Waals surface area contributed by atoms with Gasteiger partial charge in [-0.15, -0.1) is 0 Å². The molecule has 5 aromatic carbocycles. The van der Waals surface area contributed by atoms with Gasteiger partial charge in [-0.2, -0.15) is 0 Å². The summed E-state index contributed by atoms with van der Waals surface area (Å²) < 4.78 is 2.24. The van der Waals surface area contributed by atoms with Crippen LogP contribution in [0.25, 0.3) is 33.4 Å². The van der Waals surface area contributed by atoms with Gasteiger partial charge in [0.05, 0.1) is 5.41 Å². The minimum absolute atomic E-state index is 0.420. The number of fused-ring (bicyclic) bond motifs is 12. The molecule has 0 bridgehead atoms. The first-order valence-electron chi connectivity index (χ1n) is 11.5. The third-order valence-corrected chi connectivity index (χ3v) is 8.90. The molecule has 2 aliphatic carbocycles. The molecule has 5 aromatic rings. The van der Waals surface area contributed by atoms with Crippen molar-refractivity contribution in [3.8, 4) is 33.4 Å². The highest BCUT2D eigenvalue weighted by Crippen LogP contribution is 2.61. The molecule has 0 aliphatic heterocycles. The van der Waals surface area contributed by atoms with E-state index in [2.05, 4.69) is 142 Å². The molecule has 0 fully saturated rings. The van der Waals surface area contributed by atoms with Gasteiger partial charge in [0.1, 0.15) is 0 Å². The van der Waals surface area contributed by atoms with Crippen LogP contribution >= 0.6 is 31.9 Å². The molecule has 1 spiro atoms. The van der Waals surface area contributed by atoms with Crippen LogP contribution in [0.4, 0.5) is 0 Å². The van der Waals surface area contributed by atoms with E-state index in [9.17, 15) is 0 Å². The Labute approximate surface area is 216 Å². The predicted molar refractivity (Wildman–Crippen MR) is 148 cm³/mol. The first-order valence-corrected chi connectivity index (χ1v) is 13.1. The average Bonchev–Trinajstić information content (AvgIpc) is 3.12. The highest BCUT2D eigenvalue weighted by Gasteiger charge is 2.49. The Morgan fingerprint density at radius 3 is 1.62 bits per heavy atom. The second kappa shape index (κ2) is 7.28. The number of benzene rings is 5. The van der Waals surface area contributed by atoms with E-state index < -0.39 is 5.41 Å². The maximum absolute atomic E-state index is 3.90. The molecule has 2 aliphatic rings. The van der Waals surface area contributed by atoms with E-state index in [1.165, 1.54) is 61.2 Å². The molecule has 0 N–H and O–H groups in total. The molecule has 34 heavy (non-hydrogen) atoms. The summed E-state index contributed by atoms with van der Waals surface area (Å²) >= 11 is 7.72. The second-order valence-electron chi connectivity index (χ2n) is 9.22. The summed E-state index contributed by atoms with van der Waals surface area (Å²) in [6.07, 6.45) is 0. The number of aryl methyl sites for hydroxylation is 1. The number of hydrogen-bond donors (Lipinski definition) is 0. The summed E-state index contributed by atoms with van der Waals surface area (Å²) in [5, 5.41) is 0. The van der Waals surface area contributed by atoms with Crippen molar-refractivity contribution in [3.63, 3.8) is 0 Å². The van der Waals surface area contributed by atoms with Crippen molar-refractivity contribution in [1.82, 2.24) is 0 Å². The van der Waals surface area contributed by atoms with Crippen LogP contribution in [0.2, 0.25) is 0 Å². The normalized spacial score (nSPS) is 14.0. The van der Waals surface area contributed by atoms with Crippen LogP contribution in [-0.4, -0.2) is 0 Å². The SMILES string of the molecule is Cc1cc2c(cc1Br)C1(c3cc(Br)ccc3-c3ccccc3-2)c2ccccc2-c2ccccc21. The van der Waals surface area contributed by atoms with Gasteiger partial charge in [-0.3, -0.25) is 0 Å². The lowest BCUT2D eigenvalue weighted by Crippen LogP contribution is -2.29. The van der Waals surface area contributed by atoms with Gasteiger partial charge in [0.15, 0.2) is 0 Å². The van der Waals surface area contributed by atoms with Crippen molar-refractivity contribution in [2.75, 3.05) is 0 Å². The van der Waals surface area contributed by atoms with Gasteiger partial charge in [-0.25, -0.2) is 0 Å². The summed E-state index contributed by atoms with van der Waals surface area (Å²) in [6.45, 7) is 2.19. The summed E-state index contributed by atoms with van der Waals surface area (Å²) in [5.74, 6) is 0. The molecule has 0 saturated carbocycles. The van der Waals surface area contributed by atoms with E-state index in [1.54, 1.807) is 0 Å². The second-order valence-corrected chi connectivity index (χ2v) is 11.0. The van der Waals surface area contributed by atoms with Crippen molar-refractivity contribution in [2.24, 2.45) is 0 Å². The maximum Gasteiger partial charge on any atom is 0.0726 e. The third-order valence-electron chi connectivity index (χ3n) is 7.55. The number of hydrogen-bond acceptors (Lipinski definition) is 0. The molecule has 0 nitrogen and oxygen atoms in total. The predicted octanol–water partition coefficient (Wildman–Crippen LogP) is 9.53. The van der Waals surface area contributed by atoms with E-state index in [1.807, 2.05) is 0 Å². The molecule has 7 rings (SSSR count). The number of halogens is 2. The van der Waals surface area contributed by atoms with E-state index in [4.69, 9.17) is 0 Å². The molecule has 0 atom stereocenters. The zero-order chi connectivity index (χ0) is 23.0. The Hall–Kier alpha value is -2.94. The Morgan fingerprint density at radius 2 is 0.971 bits per heavy atom. The molecule has 2 heteroatoms. The Balaban J connectivity index is 1.80. The fourth-order valence-electron chi connectivity index (χ4n) is 6.19. The lowest BCUT2D eigenvalue weighted by atomic mass is 9.66. The van der Waals surface area contributed by atoms with Gasteiger partial charge >= 0.3 is 0 Å². The van der Waals surface area contributed by atoms with E-state index in [0.29, 0.717) is 0 Å². The monoisotopic (exact) mass is 562 g/mol. The molecule has 0 saturated heterocycles. The quantitative estimate of drug-likeness (QED) is 0.172. The maximum atomic E-state index is 3.90. The van der Waals surface area contributed by atoms with Crippen molar-refractivity contribution in [2.45, 2.75) is 12.3 Å². The Bertz CT molecular complexity index is 1600. The zero-order valence-electron chi connectivity index (χ0n) is 18.6. The molecule has 0 amide bonds. The molecular weight excluding hydrogens is 544 g/mol. The minimum Gasteiger partial charge on any atom is -0.0619 e. The lowest BCUT2D eigenvalue weighted by Gasteiger charge is -2.35. The van der Waals surface area contributed by atoms with Gasteiger partial charge in [-0.1, -0.05) is 111 Å². The first kappa shape index (κ1) is 20.4. The van der Waals surface area contributed by atoms with Crippen LogP contribution in [0.15, 0.2) is 112 Å². The van der Waals surface area contributed by atoms with Crippen molar-refractivity contribution in [1.29, 1.82) is 0 Å². The van der Waals surface area contributed by atoms with Gasteiger partial charge in [0, 0.05) is 8.95 Å². The van der Waals surface area contributed by atoms with Crippen molar-refractivity contribution < 1.29 is 0 Å². The largest absolute Gasteiger partial charge is 0.0726 e. The first-order chi connectivity index (χ1) is 16.6. The average molecular weight is 564 g/mol. The fourth-order valence-corrected chi connectivity index (χ4v) is 6.89.